The van der Waals surface area contributed by atoms with Crippen molar-refractivity contribution in [3.63, 3.8) is 0 Å². The number of para-hydroxylation sites is 1. The molecule has 3 atom stereocenters. The Hall–Kier alpha value is -2.67. The van der Waals surface area contributed by atoms with E-state index in [4.69, 9.17) is 0 Å². The Balaban J connectivity index is 1.42. The molecule has 2 saturated heterocycles. The van der Waals surface area contributed by atoms with E-state index >= 15 is 0 Å². The van der Waals surface area contributed by atoms with Crippen molar-refractivity contribution in [1.82, 2.24) is 20.4 Å². The normalized spacial score (nSPS) is 25.7. The second kappa shape index (κ2) is 6.92. The molecular formula is C19H23N5O2. The molecule has 26 heavy (non-hydrogen) atoms. The molecule has 1 unspecified atom stereocenters. The van der Waals surface area contributed by atoms with E-state index in [0.29, 0.717) is 19.5 Å². The van der Waals surface area contributed by atoms with Gasteiger partial charge in [0.2, 0.25) is 11.8 Å². The average Bonchev–Trinajstić information content (AvgIpc) is 3.36. The van der Waals surface area contributed by atoms with Crippen LogP contribution >= 0.6 is 0 Å². The second-order valence-corrected chi connectivity index (χ2v) is 6.99. The predicted octanol–water partition coefficient (Wildman–Crippen LogP) is 0.645. The summed E-state index contributed by atoms with van der Waals surface area (Å²) in [6.07, 6.45) is 4.41. The Morgan fingerprint density at radius 2 is 2.08 bits per heavy atom. The van der Waals surface area contributed by atoms with E-state index in [1.807, 2.05) is 49.8 Å². The molecule has 7 heteroatoms. The lowest BCUT2D eigenvalue weighted by atomic mass is 9.90. The molecule has 2 fully saturated rings. The van der Waals surface area contributed by atoms with E-state index in [1.54, 1.807) is 9.58 Å². The summed E-state index contributed by atoms with van der Waals surface area (Å²) in [5.41, 5.74) is 1.94. The van der Waals surface area contributed by atoms with Gasteiger partial charge < -0.3 is 15.5 Å². The smallest absolute Gasteiger partial charge is 0.249 e. The van der Waals surface area contributed by atoms with E-state index in [9.17, 15) is 9.59 Å². The standard InChI is InChI=1S/C19H23N5O2/c1-23-12-13(9-21-23)15-10-20-11-16(15)18(25)22-17-7-8-24(19(17)26)14-5-3-2-4-6-14/h2-6,9,12,15-17,20H,7-8,10-11H2,1H3,(H,22,25)/t15-,16+,17?/m1/s1. The van der Waals surface area contributed by atoms with Crippen molar-refractivity contribution in [3.05, 3.63) is 48.3 Å². The van der Waals surface area contributed by atoms with Crippen LogP contribution < -0.4 is 15.5 Å². The average molecular weight is 353 g/mol. The molecule has 0 saturated carbocycles. The van der Waals surface area contributed by atoms with Crippen molar-refractivity contribution in [2.45, 2.75) is 18.4 Å². The van der Waals surface area contributed by atoms with Gasteiger partial charge in [-0.15, -0.1) is 0 Å². The number of benzene rings is 1. The first kappa shape index (κ1) is 16.8. The minimum absolute atomic E-state index is 0.0339. The number of carbonyl (C=O) groups is 2. The Morgan fingerprint density at radius 3 is 2.81 bits per heavy atom. The fourth-order valence-electron chi connectivity index (χ4n) is 3.89. The maximum absolute atomic E-state index is 12.8. The van der Waals surface area contributed by atoms with Crippen LogP contribution in [0.5, 0.6) is 0 Å². The zero-order valence-corrected chi connectivity index (χ0v) is 14.8. The van der Waals surface area contributed by atoms with Crippen molar-refractivity contribution in [1.29, 1.82) is 0 Å². The van der Waals surface area contributed by atoms with Crippen LogP contribution in [0.15, 0.2) is 42.7 Å². The van der Waals surface area contributed by atoms with Gasteiger partial charge in [-0.05, 0) is 24.1 Å². The van der Waals surface area contributed by atoms with E-state index in [1.165, 1.54) is 0 Å². The Bertz CT molecular complexity index is 803. The molecule has 136 valence electrons. The van der Waals surface area contributed by atoms with Crippen LogP contribution in [0.2, 0.25) is 0 Å². The zero-order chi connectivity index (χ0) is 18.1. The Morgan fingerprint density at radius 1 is 1.27 bits per heavy atom. The first-order valence-electron chi connectivity index (χ1n) is 8.99. The van der Waals surface area contributed by atoms with Gasteiger partial charge in [-0.3, -0.25) is 14.3 Å². The van der Waals surface area contributed by atoms with Crippen LogP contribution in [0.3, 0.4) is 0 Å². The molecule has 2 amide bonds. The molecule has 2 aliphatic rings. The molecule has 0 aliphatic carbocycles. The highest BCUT2D eigenvalue weighted by Gasteiger charge is 2.39. The minimum atomic E-state index is -0.446. The molecule has 0 radical (unpaired) electrons. The topological polar surface area (TPSA) is 79.3 Å². The van der Waals surface area contributed by atoms with Crippen molar-refractivity contribution in [2.75, 3.05) is 24.5 Å². The summed E-state index contributed by atoms with van der Waals surface area (Å²) in [5.74, 6) is -0.186. The van der Waals surface area contributed by atoms with Crippen LogP contribution in [0.4, 0.5) is 5.69 Å². The summed E-state index contributed by atoms with van der Waals surface area (Å²) in [5, 5.41) is 10.5. The number of carbonyl (C=O) groups excluding carboxylic acids is 2. The Labute approximate surface area is 152 Å². The monoisotopic (exact) mass is 353 g/mol. The number of nitrogens with one attached hydrogen (secondary N) is 2. The molecule has 2 N–H and O–H groups in total. The number of rotatable bonds is 4. The van der Waals surface area contributed by atoms with Gasteiger partial charge in [-0.2, -0.15) is 5.10 Å². The van der Waals surface area contributed by atoms with Crippen molar-refractivity contribution >= 4 is 17.5 Å². The minimum Gasteiger partial charge on any atom is -0.344 e. The molecule has 3 heterocycles. The molecule has 0 bridgehead atoms. The number of aryl methyl sites for hydroxylation is 1. The number of anilines is 1. The first-order valence-corrected chi connectivity index (χ1v) is 8.99. The van der Waals surface area contributed by atoms with Gasteiger partial charge in [-0.1, -0.05) is 18.2 Å². The highest BCUT2D eigenvalue weighted by Crippen LogP contribution is 2.28. The van der Waals surface area contributed by atoms with E-state index < -0.39 is 6.04 Å². The van der Waals surface area contributed by atoms with Gasteiger partial charge in [0.25, 0.3) is 0 Å². The van der Waals surface area contributed by atoms with E-state index in [2.05, 4.69) is 15.7 Å². The molecule has 2 aliphatic heterocycles. The third kappa shape index (κ3) is 3.10. The highest BCUT2D eigenvalue weighted by atomic mass is 16.2. The third-order valence-electron chi connectivity index (χ3n) is 5.29. The molecule has 4 rings (SSSR count). The highest BCUT2D eigenvalue weighted by molar-refractivity contribution is 6.01. The summed E-state index contributed by atoms with van der Waals surface area (Å²) in [6.45, 7) is 2.00. The van der Waals surface area contributed by atoms with Gasteiger partial charge in [0.15, 0.2) is 0 Å². The fraction of sp³-hybridized carbons (Fsp3) is 0.421. The van der Waals surface area contributed by atoms with Crippen molar-refractivity contribution < 1.29 is 9.59 Å². The van der Waals surface area contributed by atoms with Gasteiger partial charge in [-0.25, -0.2) is 0 Å². The number of amides is 2. The van der Waals surface area contributed by atoms with Crippen LogP contribution in [0.25, 0.3) is 0 Å². The summed E-state index contributed by atoms with van der Waals surface area (Å²) in [7, 11) is 1.87. The quantitative estimate of drug-likeness (QED) is 0.846. The van der Waals surface area contributed by atoms with Gasteiger partial charge in [0, 0.05) is 44.5 Å². The summed E-state index contributed by atoms with van der Waals surface area (Å²) < 4.78 is 1.75. The SMILES string of the molecule is Cn1cc([C@H]2CNC[C@@H]2C(=O)NC2CCN(c3ccccc3)C2=O)cn1. The maximum atomic E-state index is 12.8. The van der Waals surface area contributed by atoms with Crippen LogP contribution in [0, 0.1) is 5.92 Å². The van der Waals surface area contributed by atoms with E-state index in [-0.39, 0.29) is 23.7 Å². The predicted molar refractivity (Wildman–Crippen MR) is 97.7 cm³/mol. The molecule has 0 spiro atoms. The van der Waals surface area contributed by atoms with Gasteiger partial charge in [0.1, 0.15) is 6.04 Å². The van der Waals surface area contributed by atoms with E-state index in [0.717, 1.165) is 17.8 Å². The fourth-order valence-corrected chi connectivity index (χ4v) is 3.89. The van der Waals surface area contributed by atoms with Gasteiger partial charge >= 0.3 is 0 Å². The zero-order valence-electron chi connectivity index (χ0n) is 14.8. The van der Waals surface area contributed by atoms with Crippen LogP contribution in [-0.2, 0) is 16.6 Å². The lowest BCUT2D eigenvalue weighted by Gasteiger charge is -2.20. The van der Waals surface area contributed by atoms with Crippen molar-refractivity contribution in [2.24, 2.45) is 13.0 Å². The summed E-state index contributed by atoms with van der Waals surface area (Å²) >= 11 is 0. The third-order valence-corrected chi connectivity index (χ3v) is 5.29. The molecule has 1 aromatic heterocycles. The van der Waals surface area contributed by atoms with Crippen LogP contribution in [0.1, 0.15) is 17.9 Å². The second-order valence-electron chi connectivity index (χ2n) is 6.99. The lowest BCUT2D eigenvalue weighted by molar-refractivity contribution is -0.129. The Kier molecular flexibility index (Phi) is 4.46. The molecule has 7 nitrogen and oxygen atoms in total. The number of hydrogen-bond acceptors (Lipinski definition) is 4. The summed E-state index contributed by atoms with van der Waals surface area (Å²) in [6, 6.07) is 9.14. The summed E-state index contributed by atoms with van der Waals surface area (Å²) in [4.78, 5) is 27.3. The maximum Gasteiger partial charge on any atom is 0.249 e. The number of nitrogens with zero attached hydrogens (tertiary/aromatic N) is 3. The van der Waals surface area contributed by atoms with Crippen LogP contribution in [-0.4, -0.2) is 47.3 Å². The van der Waals surface area contributed by atoms with Gasteiger partial charge in [0.05, 0.1) is 12.1 Å². The largest absolute Gasteiger partial charge is 0.344 e. The molecule has 1 aromatic carbocycles. The molecule has 2 aromatic rings. The molecular weight excluding hydrogens is 330 g/mol. The van der Waals surface area contributed by atoms with Crippen molar-refractivity contribution in [3.8, 4) is 0 Å². The first-order chi connectivity index (χ1) is 12.6. The lowest BCUT2D eigenvalue weighted by Crippen LogP contribution is -2.45. The number of aromatic nitrogens is 2. The number of hydrogen-bond donors (Lipinski definition) is 2.